The Bertz CT molecular complexity index is 1080. The molecule has 6 aliphatic rings. The van der Waals surface area contributed by atoms with Crippen molar-refractivity contribution in [2.24, 2.45) is 41.4 Å². The van der Waals surface area contributed by atoms with Gasteiger partial charge < -0.3 is 49.4 Å². The number of hydrogen-bond acceptors (Lipinski definition) is 12. The minimum atomic E-state index is -3.85. The van der Waals surface area contributed by atoms with Gasteiger partial charge in [-0.3, -0.25) is 0 Å². The third-order valence-electron chi connectivity index (χ3n) is 8.96. The molecule has 0 atom stereocenters. The van der Waals surface area contributed by atoms with E-state index in [9.17, 15) is 0 Å². The largest absolute Gasteiger partial charge is 0.479 e. The van der Waals surface area contributed by atoms with Gasteiger partial charge in [0, 0.05) is 53.7 Å². The molecule has 21 heteroatoms. The summed E-state index contributed by atoms with van der Waals surface area (Å²) >= 11 is 3.71. The van der Waals surface area contributed by atoms with Crippen LogP contribution in [0.15, 0.2) is 0 Å². The van der Waals surface area contributed by atoms with Gasteiger partial charge in [-0.1, -0.05) is 113 Å². The van der Waals surface area contributed by atoms with Gasteiger partial charge in [-0.15, -0.1) is 0 Å². The molecule has 6 rings (SSSR count). The van der Waals surface area contributed by atoms with E-state index in [-0.39, 0.29) is 41.4 Å². The van der Waals surface area contributed by atoms with E-state index >= 15 is 0 Å². The molecule has 0 aromatic carbocycles. The summed E-state index contributed by atoms with van der Waals surface area (Å²) < 4.78 is 92.7. The highest BCUT2D eigenvalue weighted by atomic mass is 79.9. The maximum atomic E-state index is 7.74. The van der Waals surface area contributed by atoms with Crippen molar-refractivity contribution in [3.63, 3.8) is 0 Å². The third-order valence-corrected chi connectivity index (χ3v) is 49.6. The first-order valence-corrected chi connectivity index (χ1v) is 36.5. The first-order chi connectivity index (χ1) is 24.0. The second-order valence-corrected chi connectivity index (χ2v) is 43.5. The van der Waals surface area contributed by atoms with E-state index in [2.05, 4.69) is 113 Å². The Morgan fingerprint density at radius 3 is 0.577 bits per heavy atom. The molecule has 304 valence electrons. The highest BCUT2D eigenvalue weighted by Gasteiger charge is 2.83. The zero-order valence-electron chi connectivity index (χ0n) is 34.4. The summed E-state index contributed by atoms with van der Waals surface area (Å²) in [7, 11) is -30.8. The van der Waals surface area contributed by atoms with Crippen molar-refractivity contribution >= 4 is 86.4 Å². The van der Waals surface area contributed by atoms with E-state index < -0.39 is 70.4 Å². The molecule has 6 aliphatic heterocycles. The topological polar surface area (TPSA) is 111 Å². The first-order valence-electron chi connectivity index (χ1n) is 19.9. The number of alkyl halides is 1. The third kappa shape index (κ3) is 10.3. The van der Waals surface area contributed by atoms with Crippen LogP contribution >= 0.6 is 15.9 Å². The molecule has 0 aromatic rings. The van der Waals surface area contributed by atoms with Crippen molar-refractivity contribution in [3.8, 4) is 0 Å². The smallest absolute Gasteiger partial charge is 0.373 e. The molecule has 0 saturated carbocycles. The molecule has 0 N–H and O–H groups in total. The fourth-order valence-electron chi connectivity index (χ4n) is 8.15. The molecule has 0 aromatic heterocycles. The summed E-state index contributed by atoms with van der Waals surface area (Å²) in [6.07, 6.45) is 0.738. The first kappa shape index (κ1) is 44.8. The Morgan fingerprint density at radius 2 is 0.442 bits per heavy atom. The summed E-state index contributed by atoms with van der Waals surface area (Å²) in [5.74, 6) is 1.03. The second kappa shape index (κ2) is 16.4. The van der Waals surface area contributed by atoms with E-state index in [1.807, 2.05) is 0 Å². The quantitative estimate of drug-likeness (QED) is 0.103. The Kier molecular flexibility index (Phi) is 14.1. The van der Waals surface area contributed by atoms with Gasteiger partial charge in [-0.25, -0.2) is 0 Å². The van der Waals surface area contributed by atoms with Gasteiger partial charge in [0.15, 0.2) is 0 Å². The van der Waals surface area contributed by atoms with Crippen molar-refractivity contribution in [1.29, 1.82) is 0 Å². The average Bonchev–Trinajstić information content (AvgIpc) is 2.84. The van der Waals surface area contributed by atoms with Crippen molar-refractivity contribution in [2.45, 2.75) is 152 Å². The molecule has 6 heterocycles. The van der Waals surface area contributed by atoms with Gasteiger partial charge >= 0.3 is 70.4 Å². The Balaban J connectivity index is 1.96. The van der Waals surface area contributed by atoms with Gasteiger partial charge in [0.05, 0.1) is 0 Å². The predicted octanol–water partition coefficient (Wildman–Crippen LogP) is 9.14. The van der Waals surface area contributed by atoms with Crippen LogP contribution in [0.25, 0.3) is 0 Å². The second-order valence-electron chi connectivity index (χ2n) is 18.7. The highest BCUT2D eigenvalue weighted by Crippen LogP contribution is 2.55. The monoisotopic (exact) mass is 936 g/mol. The summed E-state index contributed by atoms with van der Waals surface area (Å²) in [6, 6.07) is 4.05. The number of hydrogen-bond donors (Lipinski definition) is 0. The SMILES string of the molecule is CC(C)C[Si]12O[Si]3(CCCBr)O[Si]4(CC(C)C)O[Si](CC(C)C)(O1)O[Si]1(CC(C)C)O[Si](CC(C)C)(O2)O[Si](CC(C)C)(O3)O[Si](CC(C)C)(O4)O1. The molecule has 6 fully saturated rings. The Morgan fingerprint density at radius 1 is 0.288 bits per heavy atom. The lowest BCUT2D eigenvalue weighted by Gasteiger charge is -2.64. The van der Waals surface area contributed by atoms with Gasteiger partial charge in [-0.2, -0.15) is 0 Å². The Labute approximate surface area is 332 Å². The number of rotatable bonds is 17. The van der Waals surface area contributed by atoms with Crippen LogP contribution in [0.4, 0.5) is 0 Å². The van der Waals surface area contributed by atoms with Crippen LogP contribution in [-0.4, -0.2) is 75.8 Å². The molecule has 6 saturated heterocycles. The van der Waals surface area contributed by atoms with Gasteiger partial charge in [0.25, 0.3) is 0 Å². The van der Waals surface area contributed by atoms with E-state index in [0.717, 1.165) is 11.8 Å². The molecule has 8 bridgehead atoms. The fraction of sp³-hybridized carbons (Fsp3) is 1.00. The van der Waals surface area contributed by atoms with Crippen molar-refractivity contribution in [2.75, 3.05) is 5.33 Å². The zero-order chi connectivity index (χ0) is 38.6. The average molecular weight is 938 g/mol. The van der Waals surface area contributed by atoms with Crippen LogP contribution in [-0.2, 0) is 49.4 Å². The Hall–Kier alpha value is 1.74. The molecular weight excluding hydrogens is 869 g/mol. The predicted molar refractivity (Wildman–Crippen MR) is 220 cm³/mol. The molecule has 52 heavy (non-hydrogen) atoms. The maximum absolute atomic E-state index is 7.74. The molecule has 0 spiro atoms. The van der Waals surface area contributed by atoms with Crippen LogP contribution in [0, 0.1) is 41.4 Å². The molecule has 12 nitrogen and oxygen atoms in total. The van der Waals surface area contributed by atoms with Crippen LogP contribution in [0.2, 0.25) is 48.4 Å². The van der Waals surface area contributed by atoms with Crippen molar-refractivity contribution < 1.29 is 49.4 Å². The summed E-state index contributed by atoms with van der Waals surface area (Å²) in [6.45, 7) is 30.4. The van der Waals surface area contributed by atoms with E-state index in [1.165, 1.54) is 0 Å². The number of halogens is 1. The normalized spacial score (nSPS) is 41.9. The lowest BCUT2D eigenvalue weighted by Crippen LogP contribution is -2.88. The van der Waals surface area contributed by atoms with Crippen molar-refractivity contribution in [3.05, 3.63) is 0 Å². The maximum Gasteiger partial charge on any atom is 0.479 e. The van der Waals surface area contributed by atoms with Gasteiger partial charge in [0.2, 0.25) is 0 Å². The standard InChI is InChI=1S/C31H69BrO12Si8/c1-25(2)18-46-33-45(17-15-16-32)34-47(19-26(3)4)38-49(36-46,21-28(7)8)42-52(24-31(13)14)43-50(37-46,22-29(9)10)39-48(35-45,20-27(5)6)41-51(40-47,44-52)23-30(11)12/h25-31H,15-24H2,1-14H3. The minimum absolute atomic E-state index is 0.146. The van der Waals surface area contributed by atoms with Crippen LogP contribution in [0.5, 0.6) is 0 Å². The lowest BCUT2D eigenvalue weighted by atomic mass is 10.3. The van der Waals surface area contributed by atoms with Crippen molar-refractivity contribution in [1.82, 2.24) is 0 Å². The molecule has 0 unspecified atom stereocenters. The lowest BCUT2D eigenvalue weighted by molar-refractivity contribution is -0.0340. The van der Waals surface area contributed by atoms with Crippen LogP contribution < -0.4 is 0 Å². The summed E-state index contributed by atoms with van der Waals surface area (Å²) in [5, 5.41) is 0.738. The molecule has 0 amide bonds. The van der Waals surface area contributed by atoms with E-state index in [0.29, 0.717) is 48.4 Å². The fourth-order valence-corrected chi connectivity index (χ4v) is 60.5. The minimum Gasteiger partial charge on any atom is -0.373 e. The molecule has 0 radical (unpaired) electrons. The molecule has 0 aliphatic carbocycles. The van der Waals surface area contributed by atoms with E-state index in [4.69, 9.17) is 49.4 Å². The van der Waals surface area contributed by atoms with Crippen LogP contribution in [0.1, 0.15) is 103 Å². The van der Waals surface area contributed by atoms with Gasteiger partial charge in [-0.05, 0) is 47.8 Å². The highest BCUT2D eigenvalue weighted by molar-refractivity contribution is 9.09. The van der Waals surface area contributed by atoms with Crippen LogP contribution in [0.3, 0.4) is 0 Å². The van der Waals surface area contributed by atoms with Gasteiger partial charge in [0.1, 0.15) is 0 Å². The summed E-state index contributed by atoms with van der Waals surface area (Å²) in [5.41, 5.74) is 0. The summed E-state index contributed by atoms with van der Waals surface area (Å²) in [4.78, 5) is 0. The molecular formula is C31H69BrO12Si8. The van der Waals surface area contributed by atoms with E-state index in [1.54, 1.807) is 0 Å². The zero-order valence-corrected chi connectivity index (χ0v) is 44.0.